The summed E-state index contributed by atoms with van der Waals surface area (Å²) in [5.74, 6) is 2.11. The maximum absolute atomic E-state index is 5.64. The highest BCUT2D eigenvalue weighted by atomic mass is 127. The Morgan fingerprint density at radius 2 is 1.82 bits per heavy atom. The molecule has 0 aliphatic rings. The van der Waals surface area contributed by atoms with Crippen LogP contribution in [-0.4, -0.2) is 52.3 Å². The number of aliphatic imine (C=N–C) groups is 1. The average Bonchev–Trinajstić information content (AvgIpc) is 2.68. The molecule has 0 saturated heterocycles. The Kier molecular flexibility index (Phi) is 10.7. The first-order valence-corrected chi connectivity index (χ1v) is 9.08. The Morgan fingerprint density at radius 3 is 2.39 bits per heavy atom. The Balaban J connectivity index is 0.00000392. The summed E-state index contributed by atoms with van der Waals surface area (Å²) in [6.45, 7) is 3.25. The van der Waals surface area contributed by atoms with Crippen LogP contribution in [0.3, 0.4) is 0 Å². The highest BCUT2D eigenvalue weighted by Gasteiger charge is 2.14. The van der Waals surface area contributed by atoms with E-state index in [0.717, 1.165) is 12.2 Å². The van der Waals surface area contributed by atoms with Crippen molar-refractivity contribution in [2.24, 2.45) is 4.99 Å². The first-order valence-electron chi connectivity index (χ1n) is 9.08. The van der Waals surface area contributed by atoms with Crippen LogP contribution in [0.2, 0.25) is 0 Å². The summed E-state index contributed by atoms with van der Waals surface area (Å²) in [7, 11) is 7.55. The van der Waals surface area contributed by atoms with Crippen LogP contribution >= 0.6 is 24.0 Å². The minimum Gasteiger partial charge on any atom is -0.493 e. The summed E-state index contributed by atoms with van der Waals surface area (Å²) in [6, 6.07) is 16.4. The third-order valence-corrected chi connectivity index (χ3v) is 4.22. The van der Waals surface area contributed by atoms with Gasteiger partial charge >= 0.3 is 0 Å². The van der Waals surface area contributed by atoms with Crippen molar-refractivity contribution in [2.75, 3.05) is 46.7 Å². The molecule has 0 heterocycles. The van der Waals surface area contributed by atoms with Crippen LogP contribution in [-0.2, 0) is 0 Å². The number of rotatable bonds is 8. The van der Waals surface area contributed by atoms with Gasteiger partial charge in [0.25, 0.3) is 0 Å². The molecule has 0 radical (unpaired) electrons. The largest absolute Gasteiger partial charge is 0.493 e. The molecule has 1 unspecified atom stereocenters. The molecule has 0 aromatic heterocycles. The molecule has 2 N–H and O–H groups in total. The van der Waals surface area contributed by atoms with Gasteiger partial charge in [-0.1, -0.05) is 30.3 Å². The Bertz CT molecular complexity index is 738. The van der Waals surface area contributed by atoms with Crippen molar-refractivity contribution >= 4 is 35.6 Å². The number of halogens is 1. The van der Waals surface area contributed by atoms with Gasteiger partial charge in [-0.2, -0.15) is 0 Å². The second kappa shape index (κ2) is 12.5. The Hall–Kier alpha value is -2.00. The minimum atomic E-state index is 0. The molecule has 0 bridgehead atoms. The van der Waals surface area contributed by atoms with E-state index in [2.05, 4.69) is 58.9 Å². The zero-order chi connectivity index (χ0) is 19.6. The molecule has 2 aromatic carbocycles. The summed E-state index contributed by atoms with van der Waals surface area (Å²) in [5.41, 5.74) is 2.14. The van der Waals surface area contributed by atoms with Crippen LogP contribution in [0.1, 0.15) is 18.5 Å². The second-order valence-electron chi connectivity index (χ2n) is 6.27. The molecule has 0 amide bonds. The number of likely N-dealkylation sites (N-methyl/N-ethyl adjacent to an activating group) is 1. The topological polar surface area (TPSA) is 58.1 Å². The SMILES string of the molecule is CCOc1cc(NC(=NC)NCC(c2ccccc2)N(C)C)ccc1OC.I. The predicted molar refractivity (Wildman–Crippen MR) is 127 cm³/mol. The lowest BCUT2D eigenvalue weighted by Gasteiger charge is -2.26. The molecular formula is C21H31IN4O2. The van der Waals surface area contributed by atoms with Gasteiger partial charge in [0.1, 0.15) is 0 Å². The molecule has 154 valence electrons. The summed E-state index contributed by atoms with van der Waals surface area (Å²) < 4.78 is 11.0. The van der Waals surface area contributed by atoms with E-state index in [1.807, 2.05) is 31.2 Å². The van der Waals surface area contributed by atoms with E-state index in [0.29, 0.717) is 24.1 Å². The van der Waals surface area contributed by atoms with Crippen LogP contribution in [0.4, 0.5) is 5.69 Å². The van der Waals surface area contributed by atoms with E-state index in [4.69, 9.17) is 9.47 Å². The number of ether oxygens (including phenoxy) is 2. The molecule has 7 heteroatoms. The van der Waals surface area contributed by atoms with Gasteiger partial charge in [-0.3, -0.25) is 4.99 Å². The van der Waals surface area contributed by atoms with Crippen molar-refractivity contribution < 1.29 is 9.47 Å². The van der Waals surface area contributed by atoms with Crippen LogP contribution in [0.25, 0.3) is 0 Å². The summed E-state index contributed by atoms with van der Waals surface area (Å²) >= 11 is 0. The van der Waals surface area contributed by atoms with E-state index >= 15 is 0 Å². The number of methoxy groups -OCH3 is 1. The van der Waals surface area contributed by atoms with Crippen molar-refractivity contribution in [2.45, 2.75) is 13.0 Å². The lowest BCUT2D eigenvalue weighted by atomic mass is 10.1. The second-order valence-corrected chi connectivity index (χ2v) is 6.27. The molecule has 0 spiro atoms. The summed E-state index contributed by atoms with van der Waals surface area (Å²) in [6.07, 6.45) is 0. The van der Waals surface area contributed by atoms with Crippen molar-refractivity contribution in [3.05, 3.63) is 54.1 Å². The van der Waals surface area contributed by atoms with Crippen molar-refractivity contribution in [1.82, 2.24) is 10.2 Å². The number of anilines is 1. The molecule has 2 rings (SSSR count). The van der Waals surface area contributed by atoms with Gasteiger partial charge in [0, 0.05) is 25.3 Å². The Labute approximate surface area is 185 Å². The number of guanidine groups is 1. The molecule has 2 aromatic rings. The van der Waals surface area contributed by atoms with Gasteiger partial charge in [0.15, 0.2) is 17.5 Å². The van der Waals surface area contributed by atoms with Gasteiger partial charge in [-0.05, 0) is 38.7 Å². The fourth-order valence-electron chi connectivity index (χ4n) is 2.81. The molecule has 28 heavy (non-hydrogen) atoms. The van der Waals surface area contributed by atoms with Crippen molar-refractivity contribution in [1.29, 1.82) is 0 Å². The lowest BCUT2D eigenvalue weighted by Crippen LogP contribution is -2.37. The van der Waals surface area contributed by atoms with Crippen molar-refractivity contribution in [3.8, 4) is 11.5 Å². The molecule has 0 aliphatic heterocycles. The smallest absolute Gasteiger partial charge is 0.195 e. The summed E-state index contributed by atoms with van der Waals surface area (Å²) in [4.78, 5) is 6.52. The highest BCUT2D eigenvalue weighted by molar-refractivity contribution is 14.0. The maximum atomic E-state index is 5.64. The lowest BCUT2D eigenvalue weighted by molar-refractivity contribution is 0.299. The van der Waals surface area contributed by atoms with E-state index in [9.17, 15) is 0 Å². The molecule has 0 saturated carbocycles. The van der Waals surface area contributed by atoms with Gasteiger partial charge in [0.2, 0.25) is 0 Å². The molecule has 0 aliphatic carbocycles. The highest BCUT2D eigenvalue weighted by Crippen LogP contribution is 2.30. The number of hydrogen-bond donors (Lipinski definition) is 2. The van der Waals surface area contributed by atoms with Crippen LogP contribution < -0.4 is 20.1 Å². The summed E-state index contributed by atoms with van der Waals surface area (Å²) in [5, 5.41) is 6.71. The fourth-order valence-corrected chi connectivity index (χ4v) is 2.81. The average molecular weight is 498 g/mol. The Morgan fingerprint density at radius 1 is 1.11 bits per heavy atom. The van der Waals surface area contributed by atoms with Gasteiger partial charge in [0.05, 0.1) is 19.8 Å². The number of nitrogens with zero attached hydrogens (tertiary/aromatic N) is 2. The number of nitrogens with one attached hydrogen (secondary N) is 2. The standard InChI is InChI=1S/C21H30N4O2.HI/c1-6-27-20-14-17(12-13-19(20)26-5)24-21(22-2)23-15-18(25(3)4)16-10-8-7-9-11-16;/h7-14,18H,6,15H2,1-5H3,(H2,22,23,24);1H. The van der Waals surface area contributed by atoms with E-state index in [1.165, 1.54) is 5.56 Å². The molecule has 0 fully saturated rings. The number of benzene rings is 2. The van der Waals surface area contributed by atoms with E-state index in [1.54, 1.807) is 14.2 Å². The van der Waals surface area contributed by atoms with E-state index in [-0.39, 0.29) is 30.0 Å². The van der Waals surface area contributed by atoms with Crippen LogP contribution in [0.15, 0.2) is 53.5 Å². The van der Waals surface area contributed by atoms with Gasteiger partial charge in [-0.25, -0.2) is 0 Å². The monoisotopic (exact) mass is 498 g/mol. The quantitative estimate of drug-likeness (QED) is 0.328. The zero-order valence-corrected chi connectivity index (χ0v) is 19.6. The normalized spacial score (nSPS) is 12.1. The molecular weight excluding hydrogens is 467 g/mol. The molecule has 6 nitrogen and oxygen atoms in total. The van der Waals surface area contributed by atoms with Crippen LogP contribution in [0.5, 0.6) is 11.5 Å². The van der Waals surface area contributed by atoms with Gasteiger partial charge < -0.3 is 25.0 Å². The third-order valence-electron chi connectivity index (χ3n) is 4.22. The maximum Gasteiger partial charge on any atom is 0.195 e. The van der Waals surface area contributed by atoms with Gasteiger partial charge in [-0.15, -0.1) is 24.0 Å². The zero-order valence-electron chi connectivity index (χ0n) is 17.2. The first kappa shape index (κ1) is 24.0. The number of hydrogen-bond acceptors (Lipinski definition) is 4. The van der Waals surface area contributed by atoms with E-state index < -0.39 is 0 Å². The minimum absolute atomic E-state index is 0. The fraction of sp³-hybridized carbons (Fsp3) is 0.381. The van der Waals surface area contributed by atoms with Crippen LogP contribution in [0, 0.1) is 0 Å². The first-order chi connectivity index (χ1) is 13.1. The molecule has 1 atom stereocenters. The third kappa shape index (κ3) is 6.87. The predicted octanol–water partition coefficient (Wildman–Crippen LogP) is 4.00. The van der Waals surface area contributed by atoms with Crippen molar-refractivity contribution in [3.63, 3.8) is 0 Å².